The minimum absolute atomic E-state index is 0.138. The van der Waals surface area contributed by atoms with Gasteiger partial charge in [0.1, 0.15) is 17.7 Å². The number of para-hydroxylation sites is 1. The topological polar surface area (TPSA) is 122 Å². The van der Waals surface area contributed by atoms with Crippen LogP contribution in [-0.4, -0.2) is 32.4 Å². The maximum atomic E-state index is 13.8. The Kier molecular flexibility index (Phi) is 8.49. The summed E-state index contributed by atoms with van der Waals surface area (Å²) < 4.78 is 13.1. The van der Waals surface area contributed by atoms with Crippen LogP contribution in [0.3, 0.4) is 0 Å². The largest absolute Gasteiger partial charge is 0.494 e. The van der Waals surface area contributed by atoms with Gasteiger partial charge in [0.2, 0.25) is 5.88 Å². The van der Waals surface area contributed by atoms with Crippen molar-refractivity contribution in [3.05, 3.63) is 115 Å². The van der Waals surface area contributed by atoms with Crippen LogP contribution in [0.25, 0.3) is 22.3 Å². The number of ether oxygens (including phenoxy) is 2. The first-order valence-corrected chi connectivity index (χ1v) is 14.0. The zero-order valence-corrected chi connectivity index (χ0v) is 24.7. The molecule has 0 aliphatic heterocycles. The number of pyridine rings is 1. The summed E-state index contributed by atoms with van der Waals surface area (Å²) in [5, 5.41) is 16.4. The minimum Gasteiger partial charge on any atom is -0.494 e. The third-order valence-electron chi connectivity index (χ3n) is 6.70. The molecule has 0 N–H and O–H groups in total. The average molecular weight is 598 g/mol. The maximum absolute atomic E-state index is 13.8. The van der Waals surface area contributed by atoms with Gasteiger partial charge < -0.3 is 9.47 Å². The van der Waals surface area contributed by atoms with Gasteiger partial charge in [0.25, 0.3) is 11.2 Å². The summed E-state index contributed by atoms with van der Waals surface area (Å²) in [6.07, 6.45) is 2.57. The van der Waals surface area contributed by atoms with Gasteiger partial charge in [-0.3, -0.25) is 14.9 Å². The predicted octanol–water partition coefficient (Wildman–Crippen LogP) is 7.53. The molecule has 218 valence electrons. The smallest absolute Gasteiger partial charge is 0.287 e. The molecule has 10 nitrogen and oxygen atoms in total. The summed E-state index contributed by atoms with van der Waals surface area (Å²) in [4.78, 5) is 33.2. The van der Waals surface area contributed by atoms with Crippen molar-refractivity contribution in [1.82, 2.24) is 14.6 Å². The van der Waals surface area contributed by atoms with E-state index < -0.39 is 4.92 Å². The van der Waals surface area contributed by atoms with E-state index in [0.29, 0.717) is 39.7 Å². The van der Waals surface area contributed by atoms with Crippen molar-refractivity contribution in [2.45, 2.75) is 33.6 Å². The lowest BCUT2D eigenvalue weighted by molar-refractivity contribution is -0.385. The molecule has 0 saturated heterocycles. The summed E-state index contributed by atoms with van der Waals surface area (Å²) >= 11 is 6.30. The second kappa shape index (κ2) is 12.4. The van der Waals surface area contributed by atoms with Crippen molar-refractivity contribution >= 4 is 34.4 Å². The normalized spacial score (nSPS) is 11.4. The van der Waals surface area contributed by atoms with Crippen molar-refractivity contribution in [2.75, 3.05) is 6.61 Å². The van der Waals surface area contributed by atoms with E-state index in [-0.39, 0.29) is 23.0 Å². The van der Waals surface area contributed by atoms with Crippen LogP contribution in [0.2, 0.25) is 5.02 Å². The van der Waals surface area contributed by atoms with Crippen LogP contribution in [-0.2, 0) is 0 Å². The molecule has 11 heteroatoms. The fraction of sp³-hybridized carbons (Fsp3) is 0.188. The van der Waals surface area contributed by atoms with Gasteiger partial charge in [-0.15, -0.1) is 0 Å². The molecule has 0 atom stereocenters. The Morgan fingerprint density at radius 3 is 2.58 bits per heavy atom. The van der Waals surface area contributed by atoms with Crippen molar-refractivity contribution < 1.29 is 14.4 Å². The predicted molar refractivity (Wildman–Crippen MR) is 167 cm³/mol. The van der Waals surface area contributed by atoms with Crippen molar-refractivity contribution in [1.29, 1.82) is 0 Å². The molecule has 5 aromatic rings. The zero-order valence-electron chi connectivity index (χ0n) is 23.9. The Balaban J connectivity index is 1.65. The third kappa shape index (κ3) is 6.24. The molecule has 0 saturated carbocycles. The third-order valence-corrected chi connectivity index (χ3v) is 6.94. The van der Waals surface area contributed by atoms with E-state index in [1.807, 2.05) is 32.0 Å². The Morgan fingerprint density at radius 1 is 1.09 bits per heavy atom. The summed E-state index contributed by atoms with van der Waals surface area (Å²) in [5.74, 6) is 1.78. The molecule has 0 amide bonds. The fourth-order valence-electron chi connectivity index (χ4n) is 4.56. The first-order chi connectivity index (χ1) is 20.7. The molecule has 5 rings (SSSR count). The van der Waals surface area contributed by atoms with Crippen molar-refractivity contribution in [3.8, 4) is 28.8 Å². The van der Waals surface area contributed by atoms with Crippen LogP contribution >= 0.6 is 11.6 Å². The molecule has 43 heavy (non-hydrogen) atoms. The molecular formula is C32H28ClN5O5. The summed E-state index contributed by atoms with van der Waals surface area (Å²) in [6.45, 7) is 8.57. The summed E-state index contributed by atoms with van der Waals surface area (Å²) in [6, 6.07) is 18.6. The van der Waals surface area contributed by atoms with Crippen molar-refractivity contribution in [3.63, 3.8) is 0 Å². The lowest BCUT2D eigenvalue weighted by Crippen LogP contribution is -2.21. The number of aryl methyl sites for hydroxylation is 1. The van der Waals surface area contributed by atoms with Gasteiger partial charge in [-0.25, -0.2) is 9.97 Å². The Labute approximate surface area is 252 Å². The highest BCUT2D eigenvalue weighted by Crippen LogP contribution is 2.34. The molecule has 2 heterocycles. The molecule has 0 spiro atoms. The van der Waals surface area contributed by atoms with Crippen LogP contribution < -0.4 is 15.0 Å². The van der Waals surface area contributed by atoms with Gasteiger partial charge in [0.15, 0.2) is 5.82 Å². The molecular weight excluding hydrogens is 570 g/mol. The number of benzene rings is 3. The molecule has 0 unspecified atom stereocenters. The average Bonchev–Trinajstić information content (AvgIpc) is 2.98. The number of fused-ring (bicyclic) bond motifs is 1. The minimum atomic E-state index is -0.541. The maximum Gasteiger partial charge on any atom is 0.287 e. The number of hydrogen-bond acceptors (Lipinski definition) is 8. The fourth-order valence-corrected chi connectivity index (χ4v) is 4.74. The first kappa shape index (κ1) is 29.4. The number of aromatic nitrogens is 3. The van der Waals surface area contributed by atoms with Gasteiger partial charge in [0, 0.05) is 28.3 Å². The van der Waals surface area contributed by atoms with Crippen LogP contribution in [0.15, 0.2) is 82.8 Å². The van der Waals surface area contributed by atoms with Gasteiger partial charge in [-0.2, -0.15) is 9.78 Å². The van der Waals surface area contributed by atoms with Crippen molar-refractivity contribution in [2.24, 2.45) is 5.10 Å². The Hall–Kier alpha value is -5.09. The van der Waals surface area contributed by atoms with Crippen LogP contribution in [0.5, 0.6) is 17.4 Å². The first-order valence-electron chi connectivity index (χ1n) is 13.6. The second-order valence-corrected chi connectivity index (χ2v) is 10.4. The Morgan fingerprint density at radius 2 is 1.88 bits per heavy atom. The van der Waals surface area contributed by atoms with Gasteiger partial charge >= 0.3 is 0 Å². The molecule has 0 aliphatic carbocycles. The lowest BCUT2D eigenvalue weighted by atomic mass is 9.96. The molecule has 0 bridgehead atoms. The molecule has 0 aliphatic rings. The zero-order chi connectivity index (χ0) is 30.7. The van der Waals surface area contributed by atoms with E-state index in [4.69, 9.17) is 26.1 Å². The van der Waals surface area contributed by atoms with Gasteiger partial charge in [-0.05, 0) is 73.4 Å². The highest BCUT2D eigenvalue weighted by Gasteiger charge is 2.19. The number of nitrogens with zero attached hydrogens (tertiary/aromatic N) is 5. The summed E-state index contributed by atoms with van der Waals surface area (Å²) in [7, 11) is 0. The number of rotatable bonds is 9. The van der Waals surface area contributed by atoms with E-state index >= 15 is 0 Å². The molecule has 0 fully saturated rings. The molecule has 0 radical (unpaired) electrons. The monoisotopic (exact) mass is 597 g/mol. The standard InChI is InChI=1S/C32H28ClN5O5/c1-5-42-29-14-20(4)26(16-25(29)19(2)3)31-36-27-9-7-6-8-24(27)32(39)37(31)35-17-21-15-22(33)10-12-28(21)43-30-13-11-23(18-34-30)38(40)41/h6-19H,5H2,1-4H3. The van der Waals surface area contributed by atoms with Crippen LogP contribution in [0.1, 0.15) is 43.4 Å². The van der Waals surface area contributed by atoms with E-state index in [2.05, 4.69) is 23.9 Å². The van der Waals surface area contributed by atoms with Gasteiger partial charge in [-0.1, -0.05) is 37.6 Å². The number of nitro groups is 1. The SMILES string of the molecule is CCOc1cc(C)c(-c2nc3ccccc3c(=O)n2N=Cc2cc(Cl)ccc2Oc2ccc([N+](=O)[O-])cn2)cc1C(C)C. The van der Waals surface area contributed by atoms with E-state index in [1.165, 1.54) is 23.0 Å². The van der Waals surface area contributed by atoms with E-state index in [1.54, 1.807) is 36.4 Å². The quantitative estimate of drug-likeness (QED) is 0.0977. The van der Waals surface area contributed by atoms with E-state index in [0.717, 1.165) is 28.6 Å². The summed E-state index contributed by atoms with van der Waals surface area (Å²) in [5.41, 5.74) is 3.08. The molecule has 2 aromatic heterocycles. The Bertz CT molecular complexity index is 1920. The van der Waals surface area contributed by atoms with E-state index in [9.17, 15) is 14.9 Å². The highest BCUT2D eigenvalue weighted by molar-refractivity contribution is 6.30. The lowest BCUT2D eigenvalue weighted by Gasteiger charge is -2.18. The highest BCUT2D eigenvalue weighted by atomic mass is 35.5. The van der Waals surface area contributed by atoms with Gasteiger partial charge in [0.05, 0.1) is 28.6 Å². The molecule has 3 aromatic carbocycles. The van der Waals surface area contributed by atoms with Crippen LogP contribution in [0.4, 0.5) is 5.69 Å². The number of halogens is 1. The second-order valence-electron chi connectivity index (χ2n) is 10.0. The van der Waals surface area contributed by atoms with Crippen LogP contribution in [0, 0.1) is 17.0 Å². The number of hydrogen-bond donors (Lipinski definition) is 0.